The van der Waals surface area contributed by atoms with Crippen LogP contribution in [0.3, 0.4) is 0 Å². The highest BCUT2D eigenvalue weighted by Crippen LogP contribution is 2.67. The van der Waals surface area contributed by atoms with E-state index in [0.717, 1.165) is 42.4 Å². The Morgan fingerprint density at radius 2 is 1.96 bits per heavy atom. The van der Waals surface area contributed by atoms with E-state index in [1.807, 2.05) is 0 Å². The first-order valence-electron chi connectivity index (χ1n) is 10.3. The summed E-state index contributed by atoms with van der Waals surface area (Å²) in [6.07, 6.45) is 12.8. The predicted molar refractivity (Wildman–Crippen MR) is 109 cm³/mol. The van der Waals surface area contributed by atoms with Gasteiger partial charge in [0, 0.05) is 4.43 Å². The van der Waals surface area contributed by atoms with E-state index in [9.17, 15) is 5.11 Å². The number of hydrogen-bond donors (Lipinski definition) is 1. The maximum atomic E-state index is 10.1. The van der Waals surface area contributed by atoms with Crippen LogP contribution in [0.2, 0.25) is 0 Å². The van der Waals surface area contributed by atoms with E-state index in [-0.39, 0.29) is 6.10 Å². The van der Waals surface area contributed by atoms with Crippen molar-refractivity contribution in [2.24, 2.45) is 40.4 Å². The first kappa shape index (κ1) is 17.8. The number of allylic oxidation sites excluding steroid dienone is 1. The van der Waals surface area contributed by atoms with Crippen LogP contribution in [0.4, 0.5) is 0 Å². The average molecular weight is 442 g/mol. The molecule has 0 bridgehead atoms. The topological polar surface area (TPSA) is 20.2 Å². The van der Waals surface area contributed by atoms with Gasteiger partial charge in [-0.15, -0.1) is 0 Å². The molecule has 24 heavy (non-hydrogen) atoms. The van der Waals surface area contributed by atoms with Crippen molar-refractivity contribution in [2.45, 2.75) is 78.2 Å². The SMILES string of the molecule is CC(CI)[C@H]1CC[C@H]2[C@@H]3CC=C4CC(O)CC[C@]4(C)[C@H]3CC[C@]12C. The molecule has 1 N–H and O–H groups in total. The van der Waals surface area contributed by atoms with Crippen LogP contribution in [0.25, 0.3) is 0 Å². The molecule has 4 aliphatic rings. The highest BCUT2D eigenvalue weighted by atomic mass is 127. The summed E-state index contributed by atoms with van der Waals surface area (Å²) in [6.45, 7) is 7.70. The molecule has 8 atom stereocenters. The lowest BCUT2D eigenvalue weighted by Crippen LogP contribution is -2.50. The maximum Gasteiger partial charge on any atom is 0.0577 e. The molecule has 1 nitrogen and oxygen atoms in total. The summed E-state index contributed by atoms with van der Waals surface area (Å²) >= 11 is 2.61. The summed E-state index contributed by atoms with van der Waals surface area (Å²) in [5, 5.41) is 10.1. The number of fused-ring (bicyclic) bond motifs is 5. The first-order valence-corrected chi connectivity index (χ1v) is 11.9. The normalized spacial score (nSPS) is 52.0. The Balaban J connectivity index is 1.63. The van der Waals surface area contributed by atoms with E-state index in [0.29, 0.717) is 10.8 Å². The fraction of sp³-hybridized carbons (Fsp3) is 0.909. The molecule has 0 aromatic carbocycles. The number of aliphatic hydroxyl groups is 1. The van der Waals surface area contributed by atoms with E-state index < -0.39 is 0 Å². The van der Waals surface area contributed by atoms with Gasteiger partial charge in [-0.1, -0.05) is 55.0 Å². The van der Waals surface area contributed by atoms with Crippen molar-refractivity contribution in [2.75, 3.05) is 4.43 Å². The van der Waals surface area contributed by atoms with Crippen LogP contribution in [0.15, 0.2) is 11.6 Å². The van der Waals surface area contributed by atoms with Crippen LogP contribution in [-0.4, -0.2) is 15.6 Å². The third-order valence-electron chi connectivity index (χ3n) is 9.08. The van der Waals surface area contributed by atoms with Crippen LogP contribution in [0.5, 0.6) is 0 Å². The molecule has 0 spiro atoms. The lowest BCUT2D eigenvalue weighted by atomic mass is 9.47. The van der Waals surface area contributed by atoms with Crippen molar-refractivity contribution in [1.82, 2.24) is 0 Å². The largest absolute Gasteiger partial charge is 0.393 e. The molecular formula is C22H35IO. The zero-order chi connectivity index (χ0) is 17.1. The van der Waals surface area contributed by atoms with Gasteiger partial charge in [0.25, 0.3) is 0 Å². The van der Waals surface area contributed by atoms with E-state index in [1.165, 1.54) is 43.0 Å². The Hall–Kier alpha value is 0.430. The zero-order valence-electron chi connectivity index (χ0n) is 15.7. The van der Waals surface area contributed by atoms with E-state index in [1.54, 1.807) is 5.57 Å². The van der Waals surface area contributed by atoms with Crippen molar-refractivity contribution in [1.29, 1.82) is 0 Å². The lowest BCUT2D eigenvalue weighted by molar-refractivity contribution is -0.0551. The Bertz CT molecular complexity index is 528. The Kier molecular flexibility index (Phi) is 4.64. The second-order valence-electron chi connectivity index (χ2n) is 10.0. The van der Waals surface area contributed by atoms with Gasteiger partial charge in [-0.05, 0) is 91.8 Å². The van der Waals surface area contributed by atoms with Gasteiger partial charge in [0.15, 0.2) is 0 Å². The van der Waals surface area contributed by atoms with Gasteiger partial charge in [0.1, 0.15) is 0 Å². The molecule has 0 aliphatic heterocycles. The van der Waals surface area contributed by atoms with Gasteiger partial charge in [0.2, 0.25) is 0 Å². The van der Waals surface area contributed by atoms with Crippen LogP contribution < -0.4 is 0 Å². The van der Waals surface area contributed by atoms with Crippen molar-refractivity contribution in [3.63, 3.8) is 0 Å². The second kappa shape index (κ2) is 6.25. The van der Waals surface area contributed by atoms with E-state index in [4.69, 9.17) is 0 Å². The number of alkyl halides is 1. The minimum atomic E-state index is -0.0740. The standard InChI is InChI=1S/C22H35IO/c1-14(13-23)18-6-7-19-17-5-4-15-12-16(24)8-10-21(15,2)20(17)9-11-22(18,19)3/h4,14,16-20,24H,5-13H2,1-3H3/t14?,16?,17-,18+,19-,20-,21-,22+/m0/s1. The number of halogens is 1. The molecule has 136 valence electrons. The molecule has 4 rings (SSSR count). The third kappa shape index (κ3) is 2.48. The van der Waals surface area contributed by atoms with Crippen LogP contribution in [0, 0.1) is 40.4 Å². The molecular weight excluding hydrogens is 407 g/mol. The fourth-order valence-corrected chi connectivity index (χ4v) is 8.34. The van der Waals surface area contributed by atoms with Gasteiger partial charge in [-0.25, -0.2) is 0 Å². The molecule has 4 aliphatic carbocycles. The molecule has 0 aromatic rings. The van der Waals surface area contributed by atoms with Gasteiger partial charge in [-0.3, -0.25) is 0 Å². The number of aliphatic hydroxyl groups excluding tert-OH is 1. The molecule has 3 fully saturated rings. The summed E-state index contributed by atoms with van der Waals surface area (Å²) in [5.74, 6) is 4.59. The van der Waals surface area contributed by atoms with Crippen LogP contribution in [-0.2, 0) is 0 Å². The molecule has 0 aromatic heterocycles. The summed E-state index contributed by atoms with van der Waals surface area (Å²) in [7, 11) is 0. The average Bonchev–Trinajstić information content (AvgIpc) is 2.92. The van der Waals surface area contributed by atoms with Gasteiger partial charge in [-0.2, -0.15) is 0 Å². The predicted octanol–water partition coefficient (Wildman–Crippen LogP) is 6.00. The molecule has 0 heterocycles. The minimum Gasteiger partial charge on any atom is -0.393 e. The van der Waals surface area contributed by atoms with Crippen molar-refractivity contribution in [3.8, 4) is 0 Å². The quantitative estimate of drug-likeness (QED) is 0.316. The summed E-state index contributed by atoms with van der Waals surface area (Å²) in [4.78, 5) is 0. The van der Waals surface area contributed by atoms with Crippen LogP contribution >= 0.6 is 22.6 Å². The zero-order valence-corrected chi connectivity index (χ0v) is 17.9. The monoisotopic (exact) mass is 442 g/mol. The fourth-order valence-electron chi connectivity index (χ4n) is 7.72. The highest BCUT2D eigenvalue weighted by molar-refractivity contribution is 14.1. The molecule has 2 heteroatoms. The molecule has 3 saturated carbocycles. The summed E-state index contributed by atoms with van der Waals surface area (Å²) in [5.41, 5.74) is 2.61. The van der Waals surface area contributed by atoms with Gasteiger partial charge in [0.05, 0.1) is 6.10 Å². The Morgan fingerprint density at radius 1 is 1.17 bits per heavy atom. The molecule has 0 amide bonds. The second-order valence-corrected chi connectivity index (χ2v) is 10.9. The molecule has 0 radical (unpaired) electrons. The minimum absolute atomic E-state index is 0.0740. The Morgan fingerprint density at radius 3 is 2.71 bits per heavy atom. The van der Waals surface area contributed by atoms with E-state index >= 15 is 0 Å². The van der Waals surface area contributed by atoms with Gasteiger partial charge < -0.3 is 5.11 Å². The molecule has 0 saturated heterocycles. The summed E-state index contributed by atoms with van der Waals surface area (Å²) in [6, 6.07) is 0. The Labute approximate surface area is 162 Å². The van der Waals surface area contributed by atoms with Crippen LogP contribution in [0.1, 0.15) is 72.1 Å². The number of hydrogen-bond acceptors (Lipinski definition) is 1. The third-order valence-corrected chi connectivity index (χ3v) is 10.5. The van der Waals surface area contributed by atoms with E-state index in [2.05, 4.69) is 49.4 Å². The number of rotatable bonds is 2. The maximum absolute atomic E-state index is 10.1. The van der Waals surface area contributed by atoms with Crippen molar-refractivity contribution in [3.05, 3.63) is 11.6 Å². The van der Waals surface area contributed by atoms with Crippen molar-refractivity contribution < 1.29 is 5.11 Å². The summed E-state index contributed by atoms with van der Waals surface area (Å²) < 4.78 is 1.32. The molecule has 2 unspecified atom stereocenters. The smallest absolute Gasteiger partial charge is 0.0577 e. The van der Waals surface area contributed by atoms with Gasteiger partial charge >= 0.3 is 0 Å². The lowest BCUT2D eigenvalue weighted by Gasteiger charge is -2.58. The van der Waals surface area contributed by atoms with Crippen molar-refractivity contribution >= 4 is 22.6 Å². The first-order chi connectivity index (χ1) is 11.4. The highest BCUT2D eigenvalue weighted by Gasteiger charge is 2.58.